The molecule has 0 aromatic carbocycles. The Labute approximate surface area is 309 Å². The second kappa shape index (κ2) is 13.8. The van der Waals surface area contributed by atoms with Gasteiger partial charge in [0.25, 0.3) is 0 Å². The molecule has 5 aliphatic carbocycles. The second-order valence-corrected chi connectivity index (χ2v) is 18.3. The highest BCUT2D eigenvalue weighted by Gasteiger charge is 2.81. The van der Waals surface area contributed by atoms with Gasteiger partial charge in [-0.1, -0.05) is 47.3 Å². The predicted octanol–water partition coefficient (Wildman–Crippen LogP) is 6.92. The molecule has 0 heterocycles. The molecule has 4 fully saturated rings. The molecule has 52 heavy (non-hydrogen) atoms. The van der Waals surface area contributed by atoms with E-state index in [2.05, 4.69) is 33.4 Å². The number of carbonyl (C=O) groups is 6. The Balaban J connectivity index is 1.35. The van der Waals surface area contributed by atoms with Crippen LogP contribution in [0.5, 0.6) is 0 Å². The zero-order valence-electron chi connectivity index (χ0n) is 32.9. The Hall–Kier alpha value is -3.30. The lowest BCUT2D eigenvalue weighted by Crippen LogP contribution is -2.56. The van der Waals surface area contributed by atoms with Crippen LogP contribution in [0, 0.1) is 57.2 Å². The van der Waals surface area contributed by atoms with Crippen LogP contribution in [-0.4, -0.2) is 59.9 Å². The maximum absolute atomic E-state index is 14.3. The average molecular weight is 725 g/mol. The Morgan fingerprint density at radius 2 is 1.62 bits per heavy atom. The summed E-state index contributed by atoms with van der Waals surface area (Å²) in [5.74, 6) is -3.05. The van der Waals surface area contributed by atoms with E-state index in [0.717, 1.165) is 32.1 Å². The van der Waals surface area contributed by atoms with Crippen LogP contribution in [-0.2, 0) is 47.7 Å². The van der Waals surface area contributed by atoms with Crippen molar-refractivity contribution in [2.75, 3.05) is 6.61 Å². The van der Waals surface area contributed by atoms with Gasteiger partial charge in [0.1, 0.15) is 11.7 Å². The lowest BCUT2D eigenvalue weighted by molar-refractivity contribution is -0.166. The van der Waals surface area contributed by atoms with E-state index >= 15 is 0 Å². The SMILES string of the molecule is C=C(C(=O)[C@H](OC(C)=O)[C@@H](C)[C@H]1[C@@H](OC(C)=O)C[C@@]2(C)[C@@H]3CC[C@H]4[C@H](C)C(=O)C=C[C@@]45C[C@@]35CC[C@]12C)[C@@H](C)COC(=O)CCC(=O)OC(C)(C)C. The summed E-state index contributed by atoms with van der Waals surface area (Å²) in [7, 11) is 0. The normalized spacial score (nSPS) is 37.5. The Bertz CT molecular complexity index is 1550. The summed E-state index contributed by atoms with van der Waals surface area (Å²) in [4.78, 5) is 76.7. The highest BCUT2D eigenvalue weighted by atomic mass is 16.6. The topological polar surface area (TPSA) is 139 Å². The molecule has 10 nitrogen and oxygen atoms in total. The fourth-order valence-electron chi connectivity index (χ4n) is 11.8. The maximum Gasteiger partial charge on any atom is 0.306 e. The number of ketones is 2. The fourth-order valence-corrected chi connectivity index (χ4v) is 11.8. The van der Waals surface area contributed by atoms with E-state index in [1.807, 2.05) is 13.0 Å². The van der Waals surface area contributed by atoms with Crippen molar-refractivity contribution in [1.29, 1.82) is 0 Å². The van der Waals surface area contributed by atoms with Crippen molar-refractivity contribution in [3.05, 3.63) is 24.3 Å². The zero-order chi connectivity index (χ0) is 38.8. The summed E-state index contributed by atoms with van der Waals surface area (Å²) in [6.45, 7) is 22.2. The van der Waals surface area contributed by atoms with Crippen LogP contribution in [0.2, 0.25) is 0 Å². The zero-order valence-corrected chi connectivity index (χ0v) is 32.9. The minimum Gasteiger partial charge on any atom is -0.465 e. The number of esters is 4. The first-order valence-electron chi connectivity index (χ1n) is 19.2. The number of Topliss-reactive ketones (excluding diaryl/α,β-unsaturated/α-hetero) is 1. The molecule has 2 spiro atoms. The van der Waals surface area contributed by atoms with E-state index < -0.39 is 59.3 Å². The van der Waals surface area contributed by atoms with Crippen LogP contribution in [0.1, 0.15) is 121 Å². The smallest absolute Gasteiger partial charge is 0.306 e. The number of rotatable bonds is 12. The third kappa shape index (κ3) is 6.69. The molecule has 0 aromatic heterocycles. The van der Waals surface area contributed by atoms with Crippen LogP contribution in [0.4, 0.5) is 0 Å². The molecule has 5 rings (SSSR count). The average Bonchev–Trinajstić information content (AvgIpc) is 3.65. The quantitative estimate of drug-likeness (QED) is 0.118. The Kier molecular flexibility index (Phi) is 10.6. The highest BCUT2D eigenvalue weighted by molar-refractivity contribution is 6.00. The van der Waals surface area contributed by atoms with Gasteiger partial charge in [-0.15, -0.1) is 0 Å². The summed E-state index contributed by atoms with van der Waals surface area (Å²) in [5.41, 5.74) is -0.984. The van der Waals surface area contributed by atoms with E-state index in [0.29, 0.717) is 18.3 Å². The molecule has 0 aliphatic heterocycles. The molecule has 0 amide bonds. The van der Waals surface area contributed by atoms with Gasteiger partial charge >= 0.3 is 23.9 Å². The van der Waals surface area contributed by atoms with Gasteiger partial charge in [0.05, 0.1) is 19.4 Å². The predicted molar refractivity (Wildman–Crippen MR) is 192 cm³/mol. The first-order valence-corrected chi connectivity index (χ1v) is 19.2. The first kappa shape index (κ1) is 39.9. The van der Waals surface area contributed by atoms with Gasteiger partial charge in [0.15, 0.2) is 17.7 Å². The van der Waals surface area contributed by atoms with E-state index in [1.54, 1.807) is 27.7 Å². The molecule has 0 radical (unpaired) electrons. The third-order valence-electron chi connectivity index (χ3n) is 14.3. The Morgan fingerprint density at radius 3 is 2.23 bits per heavy atom. The molecule has 0 aromatic rings. The van der Waals surface area contributed by atoms with E-state index in [1.165, 1.54) is 13.8 Å². The monoisotopic (exact) mass is 724 g/mol. The third-order valence-corrected chi connectivity index (χ3v) is 14.3. The molecule has 0 unspecified atom stereocenters. The summed E-state index contributed by atoms with van der Waals surface area (Å²) in [6.07, 6.45) is 7.61. The summed E-state index contributed by atoms with van der Waals surface area (Å²) >= 11 is 0. The van der Waals surface area contributed by atoms with Crippen LogP contribution in [0.15, 0.2) is 24.3 Å². The lowest BCUT2D eigenvalue weighted by atomic mass is 9.43. The summed E-state index contributed by atoms with van der Waals surface area (Å²) < 4.78 is 22.6. The molecule has 10 heteroatoms. The molecule has 0 N–H and O–H groups in total. The van der Waals surface area contributed by atoms with Crippen LogP contribution in [0.3, 0.4) is 0 Å². The van der Waals surface area contributed by atoms with Crippen molar-refractivity contribution in [1.82, 2.24) is 0 Å². The van der Waals surface area contributed by atoms with Crippen molar-refractivity contribution >= 4 is 35.4 Å². The number of allylic oxidation sites excluding steroid dienone is 2. The maximum atomic E-state index is 14.3. The van der Waals surface area contributed by atoms with Gasteiger partial charge in [-0.25, -0.2) is 0 Å². The number of hydrogen-bond acceptors (Lipinski definition) is 10. The van der Waals surface area contributed by atoms with Gasteiger partial charge < -0.3 is 18.9 Å². The van der Waals surface area contributed by atoms with Crippen molar-refractivity contribution in [3.8, 4) is 0 Å². The van der Waals surface area contributed by atoms with Gasteiger partial charge in [-0.3, -0.25) is 28.8 Å². The van der Waals surface area contributed by atoms with Crippen molar-refractivity contribution in [2.45, 2.75) is 138 Å². The number of hydrogen-bond donors (Lipinski definition) is 0. The van der Waals surface area contributed by atoms with Gasteiger partial charge in [0, 0.05) is 37.5 Å². The van der Waals surface area contributed by atoms with E-state index in [4.69, 9.17) is 18.9 Å². The Morgan fingerprint density at radius 1 is 0.962 bits per heavy atom. The molecule has 288 valence electrons. The van der Waals surface area contributed by atoms with Crippen LogP contribution >= 0.6 is 0 Å². The lowest BCUT2D eigenvalue weighted by Gasteiger charge is -2.61. The van der Waals surface area contributed by atoms with Gasteiger partial charge in [0.2, 0.25) is 0 Å². The molecule has 4 saturated carbocycles. The van der Waals surface area contributed by atoms with Crippen molar-refractivity contribution in [2.24, 2.45) is 57.2 Å². The van der Waals surface area contributed by atoms with Gasteiger partial charge in [-0.05, 0) is 104 Å². The van der Waals surface area contributed by atoms with Crippen LogP contribution < -0.4 is 0 Å². The van der Waals surface area contributed by atoms with Crippen LogP contribution in [0.25, 0.3) is 0 Å². The minimum absolute atomic E-state index is 0.0170. The second-order valence-electron chi connectivity index (χ2n) is 18.3. The molecular formula is C42H60O10. The summed E-state index contributed by atoms with van der Waals surface area (Å²) in [6, 6.07) is 0. The standard InChI is InChI=1S/C42H60O10/c1-23(21-49-33(46)14-15-34(47)52-38(7,8)9)24(2)36(48)37(51-28(6)44)26(4)35-31(50-27(5)43)20-40(11)32-13-12-29-25(3)30(45)16-17-41(29)22-42(32,41)19-18-39(35,40)10/h16-17,23,25-26,29,31-32,35,37H,2,12-15,18-22H2,1,3-11H3/t23-,25-,26-,29-,31-,32-,35-,37+,39+,40-,41+,42-/m0/s1. The molecule has 0 bridgehead atoms. The molecule has 5 aliphatic rings. The highest BCUT2D eigenvalue weighted by Crippen LogP contribution is 2.87. The largest absolute Gasteiger partial charge is 0.465 e. The van der Waals surface area contributed by atoms with Crippen molar-refractivity contribution < 1.29 is 47.7 Å². The molecule has 0 saturated heterocycles. The van der Waals surface area contributed by atoms with E-state index in [-0.39, 0.29) is 64.3 Å². The minimum atomic E-state index is -1.19. The van der Waals surface area contributed by atoms with E-state index in [9.17, 15) is 28.8 Å². The first-order chi connectivity index (χ1) is 24.0. The van der Waals surface area contributed by atoms with Gasteiger partial charge in [-0.2, -0.15) is 0 Å². The number of carbonyl (C=O) groups excluding carboxylic acids is 6. The summed E-state index contributed by atoms with van der Waals surface area (Å²) in [5, 5.41) is 0. The molecule has 12 atom stereocenters. The number of ether oxygens (including phenoxy) is 4. The fraction of sp³-hybridized carbons (Fsp3) is 0.762. The number of fused-ring (bicyclic) bond motifs is 2. The van der Waals surface area contributed by atoms with Crippen molar-refractivity contribution in [3.63, 3.8) is 0 Å². The molecular weight excluding hydrogens is 664 g/mol.